The van der Waals surface area contributed by atoms with Crippen LogP contribution >= 0.6 is 0 Å². The van der Waals surface area contributed by atoms with E-state index in [1.807, 2.05) is 32.0 Å². The number of ether oxygens (including phenoxy) is 2. The molecule has 0 fully saturated rings. The average molecular weight is 340 g/mol. The summed E-state index contributed by atoms with van der Waals surface area (Å²) in [5.74, 6) is 0.188. The van der Waals surface area contributed by atoms with Crippen LogP contribution in [-0.2, 0) is 9.59 Å². The van der Waals surface area contributed by atoms with Crippen LogP contribution in [0.4, 0.5) is 0 Å². The number of hydrogen-bond acceptors (Lipinski definition) is 5. The molecule has 25 heavy (non-hydrogen) atoms. The molecule has 0 aliphatic heterocycles. The fourth-order valence-electron chi connectivity index (χ4n) is 1.99. The SMILES string of the molecule is CC(=O)Oc1ccccc1C=NNC(=O)COc1ccc(C)c(C)c1. The van der Waals surface area contributed by atoms with Gasteiger partial charge in [0.2, 0.25) is 0 Å². The number of nitrogens with one attached hydrogen (secondary N) is 1. The summed E-state index contributed by atoms with van der Waals surface area (Å²) in [5.41, 5.74) is 5.21. The van der Waals surface area contributed by atoms with E-state index in [0.29, 0.717) is 17.1 Å². The lowest BCUT2D eigenvalue weighted by atomic mass is 10.1. The molecule has 2 aromatic carbocycles. The Labute approximate surface area is 146 Å². The molecule has 6 nitrogen and oxygen atoms in total. The number of nitrogens with zero attached hydrogens (tertiary/aromatic N) is 1. The highest BCUT2D eigenvalue weighted by Crippen LogP contribution is 2.17. The molecule has 0 bridgehead atoms. The molecule has 0 aliphatic carbocycles. The number of aryl methyl sites for hydroxylation is 2. The standard InChI is InChI=1S/C19H20N2O4/c1-13-8-9-17(10-14(13)2)24-12-19(23)21-20-11-16-6-4-5-7-18(16)25-15(3)22/h4-11H,12H2,1-3H3,(H,21,23). The van der Waals surface area contributed by atoms with Gasteiger partial charge in [0.15, 0.2) is 6.61 Å². The monoisotopic (exact) mass is 340 g/mol. The van der Waals surface area contributed by atoms with E-state index >= 15 is 0 Å². The van der Waals surface area contributed by atoms with Gasteiger partial charge < -0.3 is 9.47 Å². The van der Waals surface area contributed by atoms with Crippen LogP contribution in [0.3, 0.4) is 0 Å². The zero-order valence-corrected chi connectivity index (χ0v) is 14.4. The van der Waals surface area contributed by atoms with Gasteiger partial charge in [0.25, 0.3) is 5.91 Å². The first-order valence-corrected chi connectivity index (χ1v) is 7.75. The van der Waals surface area contributed by atoms with Crippen molar-refractivity contribution in [1.82, 2.24) is 5.43 Å². The van der Waals surface area contributed by atoms with Crippen molar-refractivity contribution in [3.8, 4) is 11.5 Å². The maximum atomic E-state index is 11.8. The highest BCUT2D eigenvalue weighted by molar-refractivity contribution is 5.86. The van der Waals surface area contributed by atoms with Crippen molar-refractivity contribution in [2.24, 2.45) is 5.10 Å². The van der Waals surface area contributed by atoms with E-state index < -0.39 is 5.97 Å². The van der Waals surface area contributed by atoms with Gasteiger partial charge in [0, 0.05) is 12.5 Å². The Morgan fingerprint density at radius 3 is 2.60 bits per heavy atom. The van der Waals surface area contributed by atoms with Crippen molar-refractivity contribution in [1.29, 1.82) is 0 Å². The quantitative estimate of drug-likeness (QED) is 0.380. The van der Waals surface area contributed by atoms with Crippen LogP contribution in [0, 0.1) is 13.8 Å². The van der Waals surface area contributed by atoms with Gasteiger partial charge in [-0.3, -0.25) is 9.59 Å². The summed E-state index contributed by atoms with van der Waals surface area (Å²) in [6.45, 7) is 5.16. The number of para-hydroxylation sites is 1. The molecule has 2 aromatic rings. The Bertz CT molecular complexity index is 800. The summed E-state index contributed by atoms with van der Waals surface area (Å²) in [7, 11) is 0. The van der Waals surface area contributed by atoms with E-state index in [1.54, 1.807) is 24.3 Å². The lowest BCUT2D eigenvalue weighted by Gasteiger charge is -2.07. The molecule has 0 atom stereocenters. The zero-order valence-electron chi connectivity index (χ0n) is 14.4. The Morgan fingerprint density at radius 2 is 1.88 bits per heavy atom. The van der Waals surface area contributed by atoms with E-state index in [1.165, 1.54) is 13.1 Å². The Morgan fingerprint density at radius 1 is 1.12 bits per heavy atom. The van der Waals surface area contributed by atoms with E-state index in [4.69, 9.17) is 9.47 Å². The number of rotatable bonds is 6. The third-order valence-corrected chi connectivity index (χ3v) is 3.41. The second kappa shape index (κ2) is 8.63. The van der Waals surface area contributed by atoms with Crippen molar-refractivity contribution < 1.29 is 19.1 Å². The molecule has 0 unspecified atom stereocenters. The lowest BCUT2D eigenvalue weighted by Crippen LogP contribution is -2.24. The molecule has 0 radical (unpaired) electrons. The number of hydrogen-bond donors (Lipinski definition) is 1. The largest absolute Gasteiger partial charge is 0.484 e. The van der Waals surface area contributed by atoms with Crippen molar-refractivity contribution >= 4 is 18.1 Å². The predicted molar refractivity (Wildman–Crippen MR) is 94.9 cm³/mol. The molecule has 130 valence electrons. The Kier molecular flexibility index (Phi) is 6.28. The number of carbonyl (C=O) groups is 2. The molecule has 0 saturated heterocycles. The molecule has 6 heteroatoms. The van der Waals surface area contributed by atoms with Gasteiger partial charge in [0.1, 0.15) is 11.5 Å². The van der Waals surface area contributed by atoms with Gasteiger partial charge in [-0.2, -0.15) is 5.10 Å². The minimum atomic E-state index is -0.424. The average Bonchev–Trinajstić information content (AvgIpc) is 2.57. The van der Waals surface area contributed by atoms with Crippen molar-refractivity contribution in [2.45, 2.75) is 20.8 Å². The van der Waals surface area contributed by atoms with E-state index in [0.717, 1.165) is 11.1 Å². The first kappa shape index (κ1) is 18.2. The minimum Gasteiger partial charge on any atom is -0.484 e. The van der Waals surface area contributed by atoms with Crippen LogP contribution < -0.4 is 14.9 Å². The number of hydrazone groups is 1. The van der Waals surface area contributed by atoms with E-state index in [9.17, 15) is 9.59 Å². The van der Waals surface area contributed by atoms with Gasteiger partial charge >= 0.3 is 5.97 Å². The van der Waals surface area contributed by atoms with Crippen LogP contribution in [0.25, 0.3) is 0 Å². The fourth-order valence-corrected chi connectivity index (χ4v) is 1.99. The highest BCUT2D eigenvalue weighted by Gasteiger charge is 2.05. The highest BCUT2D eigenvalue weighted by atomic mass is 16.5. The molecule has 2 rings (SSSR count). The summed E-state index contributed by atoms with van der Waals surface area (Å²) in [6, 6.07) is 12.5. The van der Waals surface area contributed by atoms with E-state index in [2.05, 4.69) is 10.5 Å². The second-order valence-electron chi connectivity index (χ2n) is 5.46. The zero-order chi connectivity index (χ0) is 18.2. The number of esters is 1. The van der Waals surface area contributed by atoms with Gasteiger partial charge in [-0.25, -0.2) is 5.43 Å². The lowest BCUT2D eigenvalue weighted by molar-refractivity contribution is -0.132. The summed E-state index contributed by atoms with van der Waals surface area (Å²) in [5, 5.41) is 3.86. The molecule has 0 saturated carbocycles. The Balaban J connectivity index is 1.88. The second-order valence-corrected chi connectivity index (χ2v) is 5.46. The van der Waals surface area contributed by atoms with Gasteiger partial charge in [-0.15, -0.1) is 0 Å². The third kappa shape index (κ3) is 5.76. The molecule has 0 aromatic heterocycles. The molecular formula is C19H20N2O4. The van der Waals surface area contributed by atoms with Crippen LogP contribution in [-0.4, -0.2) is 24.7 Å². The predicted octanol–water partition coefficient (Wildman–Crippen LogP) is 2.76. The van der Waals surface area contributed by atoms with Crippen LogP contribution in [0.15, 0.2) is 47.6 Å². The molecule has 1 N–H and O–H groups in total. The molecular weight excluding hydrogens is 320 g/mol. The van der Waals surface area contributed by atoms with Crippen molar-refractivity contribution in [2.75, 3.05) is 6.61 Å². The third-order valence-electron chi connectivity index (χ3n) is 3.41. The van der Waals surface area contributed by atoms with Crippen molar-refractivity contribution in [3.63, 3.8) is 0 Å². The number of amides is 1. The first-order valence-electron chi connectivity index (χ1n) is 7.75. The maximum Gasteiger partial charge on any atom is 0.308 e. The number of carbonyl (C=O) groups excluding carboxylic acids is 2. The van der Waals surface area contributed by atoms with Crippen LogP contribution in [0.5, 0.6) is 11.5 Å². The molecule has 0 heterocycles. The van der Waals surface area contributed by atoms with Gasteiger partial charge in [0.05, 0.1) is 6.21 Å². The van der Waals surface area contributed by atoms with E-state index in [-0.39, 0.29) is 12.5 Å². The first-order chi connectivity index (χ1) is 12.0. The fraction of sp³-hybridized carbons (Fsp3) is 0.211. The Hall–Kier alpha value is -3.15. The summed E-state index contributed by atoms with van der Waals surface area (Å²) >= 11 is 0. The smallest absolute Gasteiger partial charge is 0.308 e. The number of benzene rings is 2. The normalized spacial score (nSPS) is 10.5. The van der Waals surface area contributed by atoms with Gasteiger partial charge in [-0.1, -0.05) is 18.2 Å². The maximum absolute atomic E-state index is 11.8. The van der Waals surface area contributed by atoms with Crippen LogP contribution in [0.1, 0.15) is 23.6 Å². The molecule has 0 aliphatic rings. The summed E-state index contributed by atoms with van der Waals surface area (Å²) in [6.07, 6.45) is 1.41. The topological polar surface area (TPSA) is 77.0 Å². The van der Waals surface area contributed by atoms with Gasteiger partial charge in [-0.05, 0) is 49.2 Å². The molecule has 1 amide bonds. The van der Waals surface area contributed by atoms with Crippen LogP contribution in [0.2, 0.25) is 0 Å². The van der Waals surface area contributed by atoms with Crippen molar-refractivity contribution in [3.05, 3.63) is 59.2 Å². The summed E-state index contributed by atoms with van der Waals surface area (Å²) < 4.78 is 10.5. The molecule has 0 spiro atoms. The minimum absolute atomic E-state index is 0.147. The summed E-state index contributed by atoms with van der Waals surface area (Å²) in [4.78, 5) is 22.8.